The van der Waals surface area contributed by atoms with Gasteiger partial charge in [-0.1, -0.05) is 0 Å². The third-order valence-electron chi connectivity index (χ3n) is 4.03. The Hall–Kier alpha value is -2.76. The second kappa shape index (κ2) is 6.03. The van der Waals surface area contributed by atoms with Crippen molar-refractivity contribution in [2.75, 3.05) is 11.4 Å². The summed E-state index contributed by atoms with van der Waals surface area (Å²) in [5.74, 6) is -0.469. The number of fused-ring (bicyclic) bond motifs is 1. The predicted octanol–water partition coefficient (Wildman–Crippen LogP) is 3.39. The smallest absolute Gasteiger partial charge is 0.259 e. The van der Waals surface area contributed by atoms with Crippen LogP contribution in [0.25, 0.3) is 11.0 Å². The van der Waals surface area contributed by atoms with Gasteiger partial charge < -0.3 is 4.90 Å². The van der Waals surface area contributed by atoms with E-state index in [0.717, 1.165) is 16.8 Å². The Balaban J connectivity index is 2.15. The molecule has 0 unspecified atom stereocenters. The van der Waals surface area contributed by atoms with Crippen LogP contribution in [0.2, 0.25) is 0 Å². The van der Waals surface area contributed by atoms with Gasteiger partial charge in [0, 0.05) is 25.0 Å². The molecule has 1 amide bonds. The largest absolute Gasteiger partial charge is 0.309 e. The van der Waals surface area contributed by atoms with Gasteiger partial charge in [0.15, 0.2) is 5.65 Å². The van der Waals surface area contributed by atoms with Crippen LogP contribution in [0.15, 0.2) is 30.3 Å². The van der Waals surface area contributed by atoms with E-state index in [1.807, 2.05) is 27.8 Å². The number of benzene rings is 1. The van der Waals surface area contributed by atoms with Crippen molar-refractivity contribution in [1.29, 1.82) is 0 Å². The van der Waals surface area contributed by atoms with Crippen molar-refractivity contribution in [2.45, 2.75) is 20.8 Å². The summed E-state index contributed by atoms with van der Waals surface area (Å²) in [5.41, 5.74) is 3.43. The fourth-order valence-corrected chi connectivity index (χ4v) is 2.95. The minimum atomic E-state index is -0.326. The topological polar surface area (TPSA) is 51.0 Å². The molecule has 0 aliphatic heterocycles. The number of nitrogens with zero attached hydrogens (tertiary/aromatic N) is 4. The lowest BCUT2D eigenvalue weighted by Crippen LogP contribution is -2.31. The van der Waals surface area contributed by atoms with Crippen molar-refractivity contribution in [1.82, 2.24) is 14.8 Å². The molecule has 0 saturated carbocycles. The summed E-state index contributed by atoms with van der Waals surface area (Å²) >= 11 is 0. The molecule has 0 aliphatic carbocycles. The maximum absolute atomic E-state index is 13.2. The first-order valence-corrected chi connectivity index (χ1v) is 7.80. The maximum Gasteiger partial charge on any atom is 0.259 e. The summed E-state index contributed by atoms with van der Waals surface area (Å²) < 4.78 is 14.9. The molecular formula is C18H19FN4O. The first kappa shape index (κ1) is 16.1. The van der Waals surface area contributed by atoms with Crippen LogP contribution >= 0.6 is 0 Å². The van der Waals surface area contributed by atoms with E-state index in [2.05, 4.69) is 10.1 Å². The van der Waals surface area contributed by atoms with Crippen molar-refractivity contribution < 1.29 is 9.18 Å². The number of carbonyl (C=O) groups is 1. The lowest BCUT2D eigenvalue weighted by Gasteiger charge is -2.21. The molecule has 0 aliphatic rings. The average Bonchev–Trinajstić information content (AvgIpc) is 2.83. The molecule has 0 spiro atoms. The van der Waals surface area contributed by atoms with Crippen molar-refractivity contribution in [3.63, 3.8) is 0 Å². The number of hydrogen-bond acceptors (Lipinski definition) is 3. The highest BCUT2D eigenvalue weighted by Crippen LogP contribution is 2.25. The van der Waals surface area contributed by atoms with Crippen LogP contribution in [0, 0.1) is 19.7 Å². The molecule has 2 heterocycles. The average molecular weight is 326 g/mol. The van der Waals surface area contributed by atoms with Gasteiger partial charge in [0.2, 0.25) is 0 Å². The van der Waals surface area contributed by atoms with Gasteiger partial charge in [-0.2, -0.15) is 5.10 Å². The third kappa shape index (κ3) is 2.64. The minimum Gasteiger partial charge on any atom is -0.309 e. The van der Waals surface area contributed by atoms with Gasteiger partial charge >= 0.3 is 0 Å². The summed E-state index contributed by atoms with van der Waals surface area (Å²) in [4.78, 5) is 19.3. The van der Waals surface area contributed by atoms with E-state index in [1.54, 1.807) is 27.8 Å². The Morgan fingerprint density at radius 1 is 1.25 bits per heavy atom. The highest BCUT2D eigenvalue weighted by atomic mass is 19.1. The van der Waals surface area contributed by atoms with Crippen LogP contribution in [0.5, 0.6) is 0 Å². The second-order valence-corrected chi connectivity index (χ2v) is 5.74. The lowest BCUT2D eigenvalue weighted by molar-refractivity contribution is 0.0989. The molecule has 1 aromatic carbocycles. The molecule has 124 valence electrons. The molecule has 3 rings (SSSR count). The van der Waals surface area contributed by atoms with Crippen molar-refractivity contribution >= 4 is 22.6 Å². The normalized spacial score (nSPS) is 11.0. The molecule has 0 atom stereocenters. The van der Waals surface area contributed by atoms with E-state index in [4.69, 9.17) is 0 Å². The molecule has 24 heavy (non-hydrogen) atoms. The van der Waals surface area contributed by atoms with E-state index < -0.39 is 0 Å². The van der Waals surface area contributed by atoms with E-state index in [-0.39, 0.29) is 11.7 Å². The Morgan fingerprint density at radius 3 is 2.54 bits per heavy atom. The van der Waals surface area contributed by atoms with Gasteiger partial charge in [0.05, 0.1) is 16.6 Å². The molecule has 0 fully saturated rings. The standard InChI is InChI=1S/C18H19FN4O/c1-5-23(14-8-6-13(19)7-9-14)18(24)15-10-11(2)20-17-16(15)12(3)21-22(17)4/h6-10H,5H2,1-4H3. The fourth-order valence-electron chi connectivity index (χ4n) is 2.95. The Labute approximate surface area is 139 Å². The molecule has 2 aromatic heterocycles. The van der Waals surface area contributed by atoms with Crippen LogP contribution in [-0.2, 0) is 7.05 Å². The van der Waals surface area contributed by atoms with Gasteiger partial charge in [-0.25, -0.2) is 9.37 Å². The van der Waals surface area contributed by atoms with E-state index in [1.165, 1.54) is 12.1 Å². The first-order chi connectivity index (χ1) is 11.4. The predicted molar refractivity (Wildman–Crippen MR) is 91.7 cm³/mol. The molecule has 5 nitrogen and oxygen atoms in total. The highest BCUT2D eigenvalue weighted by molar-refractivity contribution is 6.13. The Bertz CT molecular complexity index is 915. The number of hydrogen-bond donors (Lipinski definition) is 0. The van der Waals surface area contributed by atoms with Crippen molar-refractivity contribution in [2.24, 2.45) is 7.05 Å². The van der Waals surface area contributed by atoms with Crippen LogP contribution in [-0.4, -0.2) is 27.2 Å². The maximum atomic E-state index is 13.2. The monoisotopic (exact) mass is 326 g/mol. The number of anilines is 1. The van der Waals surface area contributed by atoms with Gasteiger partial charge in [-0.15, -0.1) is 0 Å². The van der Waals surface area contributed by atoms with E-state index in [9.17, 15) is 9.18 Å². The number of amides is 1. The summed E-state index contributed by atoms with van der Waals surface area (Å²) in [6, 6.07) is 7.71. The zero-order valence-corrected chi connectivity index (χ0v) is 14.2. The zero-order valence-electron chi connectivity index (χ0n) is 14.2. The molecule has 0 radical (unpaired) electrons. The van der Waals surface area contributed by atoms with Gasteiger partial charge in [0.1, 0.15) is 5.82 Å². The summed E-state index contributed by atoms with van der Waals surface area (Å²) in [5, 5.41) is 5.14. The van der Waals surface area contributed by atoms with Gasteiger partial charge in [-0.3, -0.25) is 9.48 Å². The quantitative estimate of drug-likeness (QED) is 0.741. The van der Waals surface area contributed by atoms with Crippen LogP contribution in [0.3, 0.4) is 0 Å². The molecular weight excluding hydrogens is 307 g/mol. The summed E-state index contributed by atoms with van der Waals surface area (Å²) in [7, 11) is 1.81. The second-order valence-electron chi connectivity index (χ2n) is 5.74. The number of rotatable bonds is 3. The van der Waals surface area contributed by atoms with Crippen molar-refractivity contribution in [3.05, 3.63) is 53.1 Å². The number of aryl methyl sites for hydroxylation is 3. The number of pyridine rings is 1. The number of halogens is 1. The fraction of sp³-hybridized carbons (Fsp3) is 0.278. The van der Waals surface area contributed by atoms with Gasteiger partial charge in [0.25, 0.3) is 5.91 Å². The zero-order chi connectivity index (χ0) is 17.4. The molecule has 0 bridgehead atoms. The van der Waals surface area contributed by atoms with E-state index >= 15 is 0 Å². The first-order valence-electron chi connectivity index (χ1n) is 7.80. The van der Waals surface area contributed by atoms with Crippen LogP contribution in [0.4, 0.5) is 10.1 Å². The Morgan fingerprint density at radius 2 is 1.92 bits per heavy atom. The molecule has 0 N–H and O–H groups in total. The minimum absolute atomic E-state index is 0.143. The number of aromatic nitrogens is 3. The van der Waals surface area contributed by atoms with Crippen molar-refractivity contribution in [3.8, 4) is 0 Å². The Kier molecular flexibility index (Phi) is 4.05. The summed E-state index contributed by atoms with van der Waals surface area (Å²) in [6.07, 6.45) is 0. The lowest BCUT2D eigenvalue weighted by atomic mass is 10.1. The van der Waals surface area contributed by atoms with E-state index in [0.29, 0.717) is 23.4 Å². The molecule has 0 saturated heterocycles. The third-order valence-corrected chi connectivity index (χ3v) is 4.03. The van der Waals surface area contributed by atoms with Gasteiger partial charge in [-0.05, 0) is 51.1 Å². The SMILES string of the molecule is CCN(C(=O)c1cc(C)nc2c1c(C)nn2C)c1ccc(F)cc1. The van der Waals surface area contributed by atoms with Crippen LogP contribution in [0.1, 0.15) is 28.7 Å². The molecule has 6 heteroatoms. The highest BCUT2D eigenvalue weighted by Gasteiger charge is 2.22. The molecule has 3 aromatic rings. The number of carbonyl (C=O) groups excluding carboxylic acids is 1. The van der Waals surface area contributed by atoms with Crippen LogP contribution < -0.4 is 4.90 Å². The summed E-state index contributed by atoms with van der Waals surface area (Å²) in [6.45, 7) is 6.09.